The van der Waals surface area contributed by atoms with Crippen LogP contribution in [0.4, 0.5) is 4.79 Å². The third kappa shape index (κ3) is 17.0. The molecule has 3 aromatic carbocycles. The quantitative estimate of drug-likeness (QED) is 0.0900. The highest BCUT2D eigenvalue weighted by atomic mass is 16.6. The molecule has 14 heteroatoms. The number of carbonyl (C=O) groups is 5. The average Bonchev–Trinajstić information content (AvgIpc) is 3.18. The van der Waals surface area contributed by atoms with Crippen molar-refractivity contribution in [3.8, 4) is 5.75 Å². The fraction of sp³-hybridized carbons (Fsp3) is 0.500. The van der Waals surface area contributed by atoms with Crippen molar-refractivity contribution >= 4 is 29.8 Å². The Morgan fingerprint density at radius 3 is 1.80 bits per heavy atom. The van der Waals surface area contributed by atoms with Gasteiger partial charge in [-0.15, -0.1) is 0 Å². The molecule has 328 valence electrons. The second-order valence-electron chi connectivity index (χ2n) is 16.4. The number of nitrogens with zero attached hydrogens (tertiary/aromatic N) is 1. The average molecular weight is 833 g/mol. The molecule has 0 heterocycles. The maximum absolute atomic E-state index is 14.4. The maximum Gasteiger partial charge on any atom is 0.408 e. The number of hydrogen-bond donors (Lipinski definition) is 5. The van der Waals surface area contributed by atoms with Crippen LogP contribution >= 0.6 is 0 Å². The summed E-state index contributed by atoms with van der Waals surface area (Å²) in [4.78, 5) is 69.0. The summed E-state index contributed by atoms with van der Waals surface area (Å²) in [5.41, 5.74) is 1.45. The number of methoxy groups -OCH3 is 1. The number of esters is 1. The fourth-order valence-corrected chi connectivity index (χ4v) is 6.67. The first-order valence-electron chi connectivity index (χ1n) is 20.5. The molecule has 0 aliphatic rings. The minimum absolute atomic E-state index is 0.0240. The zero-order chi connectivity index (χ0) is 44.4. The van der Waals surface area contributed by atoms with Crippen molar-refractivity contribution in [1.29, 1.82) is 0 Å². The summed E-state index contributed by atoms with van der Waals surface area (Å²) in [6, 6.07) is 21.3. The summed E-state index contributed by atoms with van der Waals surface area (Å²) in [7, 11) is 3.03. The van der Waals surface area contributed by atoms with Crippen molar-refractivity contribution in [3.05, 3.63) is 102 Å². The molecule has 0 aliphatic heterocycles. The van der Waals surface area contributed by atoms with E-state index in [1.165, 1.54) is 11.9 Å². The molecule has 0 aliphatic carbocycles. The molecule has 60 heavy (non-hydrogen) atoms. The predicted molar refractivity (Wildman–Crippen MR) is 228 cm³/mol. The number of likely N-dealkylation sites (N-methyl/N-ethyl adjacent to an activating group) is 1. The minimum Gasteiger partial charge on any atom is -0.497 e. The van der Waals surface area contributed by atoms with E-state index in [2.05, 4.69) is 16.0 Å². The van der Waals surface area contributed by atoms with Gasteiger partial charge in [-0.25, -0.2) is 4.79 Å². The van der Waals surface area contributed by atoms with E-state index >= 15 is 0 Å². The second kappa shape index (κ2) is 24.0. The van der Waals surface area contributed by atoms with Crippen LogP contribution < -0.4 is 20.7 Å². The summed E-state index contributed by atoms with van der Waals surface area (Å²) in [6.07, 6.45) is -3.55. The highest BCUT2D eigenvalue weighted by molar-refractivity contribution is 5.92. The molecule has 4 amide bonds. The van der Waals surface area contributed by atoms with Crippen molar-refractivity contribution in [1.82, 2.24) is 20.9 Å². The number of hydrogen-bond acceptors (Lipinski definition) is 10. The smallest absolute Gasteiger partial charge is 0.408 e. The largest absolute Gasteiger partial charge is 0.497 e. The Balaban J connectivity index is 1.88. The van der Waals surface area contributed by atoms with Gasteiger partial charge in [-0.3, -0.25) is 19.2 Å². The normalized spacial score (nSPS) is 14.4. The van der Waals surface area contributed by atoms with Gasteiger partial charge in [-0.05, 0) is 75.3 Å². The summed E-state index contributed by atoms with van der Waals surface area (Å²) in [5.74, 6) is -1.75. The Bertz CT molecular complexity index is 1800. The molecule has 0 spiro atoms. The Hall–Kier alpha value is -5.47. The van der Waals surface area contributed by atoms with E-state index in [0.29, 0.717) is 5.75 Å². The molecule has 5 N–H and O–H groups in total. The lowest BCUT2D eigenvalue weighted by atomic mass is 9.95. The number of carbonyl (C=O) groups excluding carboxylic acids is 5. The Labute approximate surface area is 354 Å². The number of nitrogens with one attached hydrogen (secondary N) is 3. The predicted octanol–water partition coefficient (Wildman–Crippen LogP) is 4.52. The van der Waals surface area contributed by atoms with Crippen LogP contribution in [0.15, 0.2) is 84.9 Å². The van der Waals surface area contributed by atoms with E-state index in [4.69, 9.17) is 14.2 Å². The zero-order valence-electron chi connectivity index (χ0n) is 36.2. The number of amides is 4. The molecule has 0 radical (unpaired) electrons. The molecule has 0 unspecified atom stereocenters. The highest BCUT2D eigenvalue weighted by Crippen LogP contribution is 2.19. The zero-order valence-corrected chi connectivity index (χ0v) is 36.2. The maximum atomic E-state index is 14.4. The van der Waals surface area contributed by atoms with Crippen LogP contribution in [0.25, 0.3) is 0 Å². The number of ether oxygens (including phenoxy) is 3. The van der Waals surface area contributed by atoms with Gasteiger partial charge in [0.25, 0.3) is 0 Å². The van der Waals surface area contributed by atoms with E-state index in [0.717, 1.165) is 16.7 Å². The van der Waals surface area contributed by atoms with Crippen molar-refractivity contribution < 1.29 is 48.4 Å². The Morgan fingerprint density at radius 2 is 1.27 bits per heavy atom. The Kier molecular flexibility index (Phi) is 19.5. The summed E-state index contributed by atoms with van der Waals surface area (Å²) < 4.78 is 15.8. The van der Waals surface area contributed by atoms with Crippen molar-refractivity contribution in [2.24, 2.45) is 5.92 Å². The third-order valence-electron chi connectivity index (χ3n) is 9.68. The van der Waals surface area contributed by atoms with Crippen LogP contribution in [-0.4, -0.2) is 108 Å². The first kappa shape index (κ1) is 48.9. The van der Waals surface area contributed by atoms with Crippen molar-refractivity contribution in [2.75, 3.05) is 20.8 Å². The first-order chi connectivity index (χ1) is 28.4. The van der Waals surface area contributed by atoms with Gasteiger partial charge in [0.05, 0.1) is 50.8 Å². The monoisotopic (exact) mass is 832 g/mol. The Morgan fingerprint density at radius 1 is 0.717 bits per heavy atom. The summed E-state index contributed by atoms with van der Waals surface area (Å²) >= 11 is 0. The number of aliphatic hydroxyl groups excluding tert-OH is 2. The van der Waals surface area contributed by atoms with Crippen LogP contribution in [-0.2, 0) is 47.9 Å². The lowest BCUT2D eigenvalue weighted by molar-refractivity contribution is -0.146. The SMILES string of the molecule is CCOC(=O)C[C@H](O)[C@H](Cc1ccccc1)NC(=O)C[C@H](O)[C@H](CC(C)C)NC(=O)[C@H](Cc1ccccc1)N(C)C(=O)[C@H](Cc1ccc(OC)cc1)NC(=O)OC(C)(C)C. The number of benzene rings is 3. The molecule has 0 saturated carbocycles. The number of aliphatic hydroxyl groups is 2. The van der Waals surface area contributed by atoms with E-state index in [9.17, 15) is 34.2 Å². The lowest BCUT2D eigenvalue weighted by Gasteiger charge is -2.34. The van der Waals surface area contributed by atoms with Crippen LogP contribution in [0.5, 0.6) is 5.75 Å². The van der Waals surface area contributed by atoms with Crippen LogP contribution in [0.1, 0.15) is 77.5 Å². The second-order valence-corrected chi connectivity index (χ2v) is 16.4. The van der Waals surface area contributed by atoms with Gasteiger partial charge in [-0.2, -0.15) is 0 Å². The molecule has 0 bridgehead atoms. The van der Waals surface area contributed by atoms with Gasteiger partial charge in [0.1, 0.15) is 23.4 Å². The number of rotatable bonds is 22. The van der Waals surface area contributed by atoms with Gasteiger partial charge in [-0.1, -0.05) is 86.6 Å². The minimum atomic E-state index is -1.37. The van der Waals surface area contributed by atoms with Crippen molar-refractivity contribution in [3.63, 3.8) is 0 Å². The fourth-order valence-electron chi connectivity index (χ4n) is 6.67. The number of alkyl carbamates (subject to hydrolysis) is 1. The van der Waals surface area contributed by atoms with Crippen LogP contribution in [0.2, 0.25) is 0 Å². The molecular weight excluding hydrogens is 769 g/mol. The third-order valence-corrected chi connectivity index (χ3v) is 9.68. The highest BCUT2D eigenvalue weighted by Gasteiger charge is 2.36. The van der Waals surface area contributed by atoms with E-state index in [1.54, 1.807) is 59.1 Å². The topological polar surface area (TPSA) is 193 Å². The van der Waals surface area contributed by atoms with Gasteiger partial charge in [0.15, 0.2) is 0 Å². The molecule has 6 atom stereocenters. The molecular formula is C46H64N4O10. The van der Waals surface area contributed by atoms with Crippen LogP contribution in [0.3, 0.4) is 0 Å². The van der Waals surface area contributed by atoms with Gasteiger partial charge >= 0.3 is 12.1 Å². The molecule has 14 nitrogen and oxygen atoms in total. The van der Waals surface area contributed by atoms with Crippen molar-refractivity contribution in [2.45, 2.75) is 122 Å². The molecule has 3 rings (SSSR count). The lowest BCUT2D eigenvalue weighted by Crippen LogP contribution is -2.58. The molecule has 0 fully saturated rings. The van der Waals surface area contributed by atoms with E-state index in [-0.39, 0.29) is 44.6 Å². The standard InChI is InChI=1S/C46H64N4O10/c1-9-59-42(54)29-40(52)36(25-31-16-12-10-13-17-31)47-41(53)28-39(51)35(24-30(2)3)48-43(55)38(27-32-18-14-11-15-19-32)50(7)44(56)37(49-45(57)60-46(4,5)6)26-33-20-22-34(58-8)23-21-33/h10-23,30,35-40,51-52H,9,24-29H2,1-8H3,(H,47,53)(H,48,55)(H,49,57)/t35-,36-,37-,38-,39-,40-/m0/s1. The summed E-state index contributed by atoms with van der Waals surface area (Å²) in [5, 5.41) is 31.0. The van der Waals surface area contributed by atoms with Gasteiger partial charge in [0.2, 0.25) is 17.7 Å². The van der Waals surface area contributed by atoms with Gasteiger partial charge in [0, 0.05) is 19.9 Å². The summed E-state index contributed by atoms with van der Waals surface area (Å²) in [6.45, 7) is 10.8. The van der Waals surface area contributed by atoms with Crippen LogP contribution in [0, 0.1) is 5.92 Å². The van der Waals surface area contributed by atoms with Gasteiger partial charge < -0.3 is 45.3 Å². The first-order valence-corrected chi connectivity index (χ1v) is 20.5. The van der Waals surface area contributed by atoms with E-state index in [1.807, 2.05) is 74.5 Å². The molecule has 0 saturated heterocycles. The molecule has 3 aromatic rings. The molecule has 0 aromatic heterocycles. The van der Waals surface area contributed by atoms with E-state index < -0.39 is 78.2 Å².